The smallest absolute Gasteiger partial charge is 0.328 e. The zero-order valence-electron chi connectivity index (χ0n) is 16.9. The van der Waals surface area contributed by atoms with Crippen LogP contribution >= 0.6 is 0 Å². The summed E-state index contributed by atoms with van der Waals surface area (Å²) in [6.45, 7) is 0.293. The number of carbonyl (C=O) groups excluding carboxylic acids is 2. The first-order valence-electron chi connectivity index (χ1n) is 10.5. The SMILES string of the molecule is O=C1[C@@H]2Cc3c([nH]c4ccccc34)[C@H](c3ccccc3)N2C(=O)N1Cc1ccccc1. The Kier molecular flexibility index (Phi) is 3.96. The summed E-state index contributed by atoms with van der Waals surface area (Å²) < 4.78 is 0. The molecule has 0 radical (unpaired) electrons. The third kappa shape index (κ3) is 2.70. The van der Waals surface area contributed by atoms with Crippen molar-refractivity contribution in [2.45, 2.75) is 25.0 Å². The molecule has 1 aromatic heterocycles. The lowest BCUT2D eigenvalue weighted by molar-refractivity contribution is -0.129. The minimum atomic E-state index is -0.492. The van der Waals surface area contributed by atoms with Gasteiger partial charge in [0, 0.05) is 23.0 Å². The van der Waals surface area contributed by atoms with Crippen LogP contribution in [0, 0.1) is 0 Å². The number of fused-ring (bicyclic) bond motifs is 4. The Labute approximate surface area is 179 Å². The summed E-state index contributed by atoms with van der Waals surface area (Å²) in [7, 11) is 0. The van der Waals surface area contributed by atoms with E-state index in [1.807, 2.05) is 78.9 Å². The number of aromatic nitrogens is 1. The van der Waals surface area contributed by atoms with Crippen LogP contribution in [-0.2, 0) is 17.8 Å². The maximum Gasteiger partial charge on any atom is 0.328 e. The van der Waals surface area contributed by atoms with Crippen LogP contribution < -0.4 is 0 Å². The molecule has 0 aliphatic carbocycles. The molecular formula is C26H21N3O2. The van der Waals surface area contributed by atoms with E-state index in [9.17, 15) is 9.59 Å². The number of hydrogen-bond acceptors (Lipinski definition) is 2. The number of hydrogen-bond donors (Lipinski definition) is 1. The van der Waals surface area contributed by atoms with Crippen molar-refractivity contribution in [3.05, 3.63) is 107 Å². The summed E-state index contributed by atoms with van der Waals surface area (Å²) in [5.74, 6) is -0.120. The largest absolute Gasteiger partial charge is 0.356 e. The molecule has 6 rings (SSSR count). The number of carbonyl (C=O) groups is 2. The van der Waals surface area contributed by atoms with Gasteiger partial charge >= 0.3 is 6.03 Å². The molecule has 4 aromatic rings. The molecule has 0 bridgehead atoms. The number of nitrogens with zero attached hydrogens (tertiary/aromatic N) is 2. The standard InChI is InChI=1S/C26H21N3O2/c30-25-22-15-20-19-13-7-8-14-21(19)27-23(20)24(18-11-5-2-6-12-18)29(22)26(31)28(25)16-17-9-3-1-4-10-17/h1-14,22,24,27H,15-16H2/t22-,24-/m0/s1. The van der Waals surface area contributed by atoms with E-state index in [-0.39, 0.29) is 18.0 Å². The van der Waals surface area contributed by atoms with Gasteiger partial charge in [-0.3, -0.25) is 14.6 Å². The highest BCUT2D eigenvalue weighted by molar-refractivity contribution is 6.05. The van der Waals surface area contributed by atoms with Gasteiger partial charge in [-0.25, -0.2) is 4.79 Å². The van der Waals surface area contributed by atoms with Gasteiger partial charge in [0.25, 0.3) is 5.91 Å². The molecule has 0 saturated carbocycles. The minimum absolute atomic E-state index is 0.120. The number of amides is 3. The zero-order chi connectivity index (χ0) is 20.9. The van der Waals surface area contributed by atoms with Crippen LogP contribution in [0.15, 0.2) is 84.9 Å². The van der Waals surface area contributed by atoms with Crippen LogP contribution in [-0.4, -0.2) is 32.8 Å². The third-order valence-electron chi connectivity index (χ3n) is 6.43. The van der Waals surface area contributed by atoms with Gasteiger partial charge in [-0.05, 0) is 22.8 Å². The average molecular weight is 407 g/mol. The Morgan fingerprint density at radius 3 is 2.29 bits per heavy atom. The summed E-state index contributed by atoms with van der Waals surface area (Å²) in [6.07, 6.45) is 0.526. The van der Waals surface area contributed by atoms with Gasteiger partial charge in [0.05, 0.1) is 6.54 Å². The van der Waals surface area contributed by atoms with Gasteiger partial charge in [0.2, 0.25) is 0 Å². The summed E-state index contributed by atoms with van der Waals surface area (Å²) in [4.78, 5) is 33.8. The van der Waals surface area contributed by atoms with E-state index in [4.69, 9.17) is 0 Å². The summed E-state index contributed by atoms with van der Waals surface area (Å²) in [5, 5.41) is 1.12. The molecule has 1 N–H and O–H groups in total. The number of imide groups is 1. The molecule has 1 saturated heterocycles. The number of benzene rings is 3. The maximum absolute atomic E-state index is 13.6. The van der Waals surface area contributed by atoms with Crippen LogP contribution in [0.5, 0.6) is 0 Å². The highest BCUT2D eigenvalue weighted by atomic mass is 16.2. The monoisotopic (exact) mass is 407 g/mol. The van der Waals surface area contributed by atoms with E-state index in [0.717, 1.165) is 33.3 Å². The van der Waals surface area contributed by atoms with Crippen LogP contribution in [0.1, 0.15) is 28.4 Å². The second kappa shape index (κ2) is 6.84. The molecule has 0 unspecified atom stereocenters. The molecule has 31 heavy (non-hydrogen) atoms. The number of para-hydroxylation sites is 1. The molecule has 2 atom stereocenters. The van der Waals surface area contributed by atoms with Gasteiger partial charge in [-0.1, -0.05) is 78.9 Å². The molecule has 3 heterocycles. The fourth-order valence-electron chi connectivity index (χ4n) is 5.02. The molecule has 2 aliphatic heterocycles. The van der Waals surface area contributed by atoms with Gasteiger partial charge in [-0.2, -0.15) is 0 Å². The lowest BCUT2D eigenvalue weighted by Crippen LogP contribution is -2.44. The minimum Gasteiger partial charge on any atom is -0.356 e. The number of nitrogens with one attached hydrogen (secondary N) is 1. The van der Waals surface area contributed by atoms with Crippen LogP contribution in [0.25, 0.3) is 10.9 Å². The van der Waals surface area contributed by atoms with Crippen LogP contribution in [0.2, 0.25) is 0 Å². The first-order chi connectivity index (χ1) is 15.2. The first kappa shape index (κ1) is 18.0. The number of H-pyrrole nitrogens is 1. The van der Waals surface area contributed by atoms with Crippen molar-refractivity contribution in [2.24, 2.45) is 0 Å². The molecule has 5 nitrogen and oxygen atoms in total. The molecule has 2 aliphatic rings. The van der Waals surface area contributed by atoms with Gasteiger partial charge < -0.3 is 4.98 Å². The number of rotatable bonds is 3. The van der Waals surface area contributed by atoms with E-state index in [0.29, 0.717) is 13.0 Å². The van der Waals surface area contributed by atoms with Crippen molar-refractivity contribution in [2.75, 3.05) is 0 Å². The Bertz CT molecular complexity index is 1300. The predicted octanol–water partition coefficient (Wildman–Crippen LogP) is 4.65. The third-order valence-corrected chi connectivity index (χ3v) is 6.43. The Morgan fingerprint density at radius 1 is 0.839 bits per heavy atom. The molecule has 3 amide bonds. The summed E-state index contributed by atoms with van der Waals surface area (Å²) >= 11 is 0. The van der Waals surface area contributed by atoms with Crippen molar-refractivity contribution >= 4 is 22.8 Å². The van der Waals surface area contributed by atoms with Crippen LogP contribution in [0.3, 0.4) is 0 Å². The fourth-order valence-corrected chi connectivity index (χ4v) is 5.02. The Balaban J connectivity index is 1.49. The first-order valence-corrected chi connectivity index (χ1v) is 10.5. The van der Waals surface area contributed by atoms with Crippen molar-refractivity contribution in [1.29, 1.82) is 0 Å². The van der Waals surface area contributed by atoms with Crippen molar-refractivity contribution in [3.8, 4) is 0 Å². The lowest BCUT2D eigenvalue weighted by atomic mass is 9.89. The summed E-state index contributed by atoms with van der Waals surface area (Å²) in [6, 6.07) is 26.8. The predicted molar refractivity (Wildman–Crippen MR) is 118 cm³/mol. The summed E-state index contributed by atoms with van der Waals surface area (Å²) in [5.41, 5.74) is 5.13. The van der Waals surface area contributed by atoms with E-state index in [1.54, 1.807) is 4.90 Å². The highest BCUT2D eigenvalue weighted by Crippen LogP contribution is 2.44. The Hall–Kier alpha value is -3.86. The van der Waals surface area contributed by atoms with E-state index >= 15 is 0 Å². The van der Waals surface area contributed by atoms with Gasteiger partial charge in [0.1, 0.15) is 12.1 Å². The van der Waals surface area contributed by atoms with E-state index in [1.165, 1.54) is 4.90 Å². The second-order valence-corrected chi connectivity index (χ2v) is 8.20. The zero-order valence-corrected chi connectivity index (χ0v) is 16.9. The van der Waals surface area contributed by atoms with Crippen molar-refractivity contribution in [3.63, 3.8) is 0 Å². The van der Waals surface area contributed by atoms with Gasteiger partial charge in [0.15, 0.2) is 0 Å². The van der Waals surface area contributed by atoms with E-state index in [2.05, 4.69) is 11.1 Å². The number of aromatic amines is 1. The quantitative estimate of drug-likeness (QED) is 0.503. The molecule has 1 fully saturated rings. The fraction of sp³-hybridized carbons (Fsp3) is 0.154. The normalized spacial score (nSPS) is 20.3. The maximum atomic E-state index is 13.6. The van der Waals surface area contributed by atoms with E-state index < -0.39 is 6.04 Å². The highest BCUT2D eigenvalue weighted by Gasteiger charge is 2.52. The second-order valence-electron chi connectivity index (χ2n) is 8.20. The molecule has 152 valence electrons. The number of urea groups is 1. The topological polar surface area (TPSA) is 56.4 Å². The molecule has 5 heteroatoms. The molecular weight excluding hydrogens is 386 g/mol. The lowest BCUT2D eigenvalue weighted by Gasteiger charge is -2.36. The van der Waals surface area contributed by atoms with Crippen molar-refractivity contribution in [1.82, 2.24) is 14.8 Å². The Morgan fingerprint density at radius 2 is 1.52 bits per heavy atom. The molecule has 0 spiro atoms. The van der Waals surface area contributed by atoms with Crippen LogP contribution in [0.4, 0.5) is 4.79 Å². The molecule has 3 aromatic carbocycles. The average Bonchev–Trinajstić information content (AvgIpc) is 3.30. The van der Waals surface area contributed by atoms with Crippen molar-refractivity contribution < 1.29 is 9.59 Å². The van der Waals surface area contributed by atoms with Gasteiger partial charge in [-0.15, -0.1) is 0 Å².